The van der Waals surface area contributed by atoms with Gasteiger partial charge < -0.3 is 21.1 Å². The fraction of sp³-hybridized carbons (Fsp3) is 0.600. The Kier molecular flexibility index (Phi) is 7.08. The van der Waals surface area contributed by atoms with Gasteiger partial charge in [-0.05, 0) is 25.1 Å². The van der Waals surface area contributed by atoms with Gasteiger partial charge in [0.15, 0.2) is 0 Å². The largest absolute Gasteiger partial charge is 0.379 e. The number of nitrogens with zero attached hydrogens (tertiary/aromatic N) is 2. The number of aromatic nitrogens is 1. The normalized spacial score (nSPS) is 15.5. The van der Waals surface area contributed by atoms with E-state index in [4.69, 9.17) is 10.5 Å². The molecule has 0 unspecified atom stereocenters. The summed E-state index contributed by atoms with van der Waals surface area (Å²) >= 11 is 0. The van der Waals surface area contributed by atoms with E-state index in [-0.39, 0.29) is 5.91 Å². The van der Waals surface area contributed by atoms with Gasteiger partial charge in [0.05, 0.1) is 25.1 Å². The Morgan fingerprint density at radius 3 is 2.86 bits per heavy atom. The van der Waals surface area contributed by atoms with Crippen LogP contribution >= 0.6 is 0 Å². The number of ether oxygens (including phenoxy) is 1. The molecule has 0 spiro atoms. The van der Waals surface area contributed by atoms with Crippen molar-refractivity contribution >= 4 is 17.4 Å². The smallest absolute Gasteiger partial charge is 0.224 e. The first-order valence-corrected chi connectivity index (χ1v) is 7.78. The van der Waals surface area contributed by atoms with Crippen LogP contribution in [0, 0.1) is 0 Å². The highest BCUT2D eigenvalue weighted by Crippen LogP contribution is 2.10. The van der Waals surface area contributed by atoms with Crippen LogP contribution < -0.4 is 16.4 Å². The van der Waals surface area contributed by atoms with Gasteiger partial charge in [0.1, 0.15) is 5.82 Å². The molecule has 1 aromatic rings. The lowest BCUT2D eigenvalue weighted by atomic mass is 10.3. The number of carbonyl (C=O) groups is 1. The van der Waals surface area contributed by atoms with Crippen molar-refractivity contribution in [2.24, 2.45) is 5.73 Å². The van der Waals surface area contributed by atoms with Crippen LogP contribution in [0.1, 0.15) is 12.8 Å². The minimum Gasteiger partial charge on any atom is -0.379 e. The molecule has 7 nitrogen and oxygen atoms in total. The molecule has 1 saturated heterocycles. The SMILES string of the molecule is NCCCC(=O)Nc1ccc(NCCN2CCOCC2)nc1. The maximum Gasteiger partial charge on any atom is 0.224 e. The molecule has 0 bridgehead atoms. The summed E-state index contributed by atoms with van der Waals surface area (Å²) in [7, 11) is 0. The molecule has 1 amide bonds. The summed E-state index contributed by atoms with van der Waals surface area (Å²) < 4.78 is 5.32. The monoisotopic (exact) mass is 307 g/mol. The standard InChI is InChI=1S/C15H25N5O2/c16-5-1-2-15(21)19-13-3-4-14(18-12-13)17-6-7-20-8-10-22-11-9-20/h3-4,12H,1-2,5-11,16H2,(H,17,18)(H,19,21). The summed E-state index contributed by atoms with van der Waals surface area (Å²) in [6.45, 7) is 5.95. The maximum atomic E-state index is 11.6. The van der Waals surface area contributed by atoms with Crippen molar-refractivity contribution in [2.75, 3.05) is 56.6 Å². The van der Waals surface area contributed by atoms with E-state index in [2.05, 4.69) is 20.5 Å². The summed E-state index contributed by atoms with van der Waals surface area (Å²) in [4.78, 5) is 18.2. The average molecular weight is 307 g/mol. The van der Waals surface area contributed by atoms with Crippen molar-refractivity contribution in [3.8, 4) is 0 Å². The average Bonchev–Trinajstić information content (AvgIpc) is 2.55. The molecule has 4 N–H and O–H groups in total. The minimum atomic E-state index is -0.0275. The highest BCUT2D eigenvalue weighted by atomic mass is 16.5. The molecule has 2 heterocycles. The summed E-state index contributed by atoms with van der Waals surface area (Å²) in [6.07, 6.45) is 2.80. The topological polar surface area (TPSA) is 92.5 Å². The third-order valence-corrected chi connectivity index (χ3v) is 3.49. The summed E-state index contributed by atoms with van der Waals surface area (Å²) in [5, 5.41) is 6.09. The number of hydrogen-bond donors (Lipinski definition) is 3. The van der Waals surface area contributed by atoms with Crippen LogP contribution in [-0.2, 0) is 9.53 Å². The van der Waals surface area contributed by atoms with Crippen LogP contribution in [0.15, 0.2) is 18.3 Å². The number of nitrogens with one attached hydrogen (secondary N) is 2. The zero-order valence-electron chi connectivity index (χ0n) is 12.9. The predicted molar refractivity (Wildman–Crippen MR) is 86.9 cm³/mol. The van der Waals surface area contributed by atoms with Crippen LogP contribution in [0.2, 0.25) is 0 Å². The Hall–Kier alpha value is -1.70. The fourth-order valence-electron chi connectivity index (χ4n) is 2.23. The minimum absolute atomic E-state index is 0.0275. The third-order valence-electron chi connectivity index (χ3n) is 3.49. The Morgan fingerprint density at radius 2 is 2.18 bits per heavy atom. The third kappa shape index (κ3) is 5.97. The molecule has 122 valence electrons. The van der Waals surface area contributed by atoms with Gasteiger partial charge in [0.25, 0.3) is 0 Å². The van der Waals surface area contributed by atoms with Gasteiger partial charge in [-0.1, -0.05) is 0 Å². The van der Waals surface area contributed by atoms with Crippen LogP contribution in [0.5, 0.6) is 0 Å². The van der Waals surface area contributed by atoms with E-state index < -0.39 is 0 Å². The molecule has 1 aliphatic heterocycles. The van der Waals surface area contributed by atoms with E-state index >= 15 is 0 Å². The molecule has 1 fully saturated rings. The lowest BCUT2D eigenvalue weighted by molar-refractivity contribution is -0.116. The molecule has 0 aromatic carbocycles. The number of anilines is 2. The number of morpholine rings is 1. The van der Waals surface area contributed by atoms with Gasteiger partial charge in [-0.25, -0.2) is 4.98 Å². The number of amides is 1. The molecule has 0 radical (unpaired) electrons. The number of carbonyl (C=O) groups excluding carboxylic acids is 1. The number of rotatable bonds is 8. The number of nitrogens with two attached hydrogens (primary N) is 1. The Labute approximate surface area is 131 Å². The predicted octanol–water partition coefficient (Wildman–Crippen LogP) is 0.503. The Balaban J connectivity index is 1.68. The maximum absolute atomic E-state index is 11.6. The molecule has 0 atom stereocenters. The second-order valence-corrected chi connectivity index (χ2v) is 5.25. The Bertz CT molecular complexity index is 446. The second kappa shape index (κ2) is 9.34. The molecule has 7 heteroatoms. The summed E-state index contributed by atoms with van der Waals surface area (Å²) in [5.41, 5.74) is 6.09. The van der Waals surface area contributed by atoms with Gasteiger partial charge in [-0.15, -0.1) is 0 Å². The first-order chi connectivity index (χ1) is 10.8. The molecule has 2 rings (SSSR count). The fourth-order valence-corrected chi connectivity index (χ4v) is 2.23. The van der Waals surface area contributed by atoms with Crippen LogP contribution in [0.4, 0.5) is 11.5 Å². The molecule has 22 heavy (non-hydrogen) atoms. The van der Waals surface area contributed by atoms with Gasteiger partial charge in [0, 0.05) is 32.6 Å². The molecule has 1 aromatic heterocycles. The quantitative estimate of drug-likeness (QED) is 0.648. The lowest BCUT2D eigenvalue weighted by Gasteiger charge is -2.26. The summed E-state index contributed by atoms with van der Waals surface area (Å²) in [5.74, 6) is 0.786. The second-order valence-electron chi connectivity index (χ2n) is 5.25. The molecular formula is C15H25N5O2. The van der Waals surface area contributed by atoms with Gasteiger partial charge in [-0.2, -0.15) is 0 Å². The zero-order valence-corrected chi connectivity index (χ0v) is 12.9. The highest BCUT2D eigenvalue weighted by Gasteiger charge is 2.09. The zero-order chi connectivity index (χ0) is 15.6. The highest BCUT2D eigenvalue weighted by molar-refractivity contribution is 5.90. The molecule has 0 saturated carbocycles. The first kappa shape index (κ1) is 16.7. The van der Waals surface area contributed by atoms with Gasteiger partial charge in [0.2, 0.25) is 5.91 Å². The van der Waals surface area contributed by atoms with Gasteiger partial charge >= 0.3 is 0 Å². The van der Waals surface area contributed by atoms with Crippen LogP contribution in [-0.4, -0.2) is 61.7 Å². The van der Waals surface area contributed by atoms with E-state index in [9.17, 15) is 4.79 Å². The van der Waals surface area contributed by atoms with Crippen molar-refractivity contribution in [3.63, 3.8) is 0 Å². The number of hydrogen-bond acceptors (Lipinski definition) is 6. The van der Waals surface area contributed by atoms with E-state index in [1.807, 2.05) is 12.1 Å². The molecule has 0 aliphatic carbocycles. The van der Waals surface area contributed by atoms with E-state index in [1.165, 1.54) is 0 Å². The molecule has 1 aliphatic rings. The first-order valence-electron chi connectivity index (χ1n) is 7.78. The van der Waals surface area contributed by atoms with Crippen molar-refractivity contribution in [1.29, 1.82) is 0 Å². The van der Waals surface area contributed by atoms with Crippen molar-refractivity contribution in [3.05, 3.63) is 18.3 Å². The van der Waals surface area contributed by atoms with Crippen LogP contribution in [0.3, 0.4) is 0 Å². The number of pyridine rings is 1. The van der Waals surface area contributed by atoms with Crippen molar-refractivity contribution in [2.45, 2.75) is 12.8 Å². The van der Waals surface area contributed by atoms with E-state index in [0.29, 0.717) is 25.1 Å². The van der Waals surface area contributed by atoms with E-state index in [0.717, 1.165) is 45.2 Å². The Morgan fingerprint density at radius 1 is 1.36 bits per heavy atom. The van der Waals surface area contributed by atoms with Crippen LogP contribution in [0.25, 0.3) is 0 Å². The van der Waals surface area contributed by atoms with E-state index in [1.54, 1.807) is 6.20 Å². The van der Waals surface area contributed by atoms with Gasteiger partial charge in [-0.3, -0.25) is 9.69 Å². The summed E-state index contributed by atoms with van der Waals surface area (Å²) in [6, 6.07) is 3.72. The lowest BCUT2D eigenvalue weighted by Crippen LogP contribution is -2.39. The van der Waals surface area contributed by atoms with Crippen molar-refractivity contribution < 1.29 is 9.53 Å². The van der Waals surface area contributed by atoms with Crippen molar-refractivity contribution in [1.82, 2.24) is 9.88 Å². The molecular weight excluding hydrogens is 282 g/mol.